The molecule has 0 bridgehead atoms. The second kappa shape index (κ2) is 5.45. The Balaban J connectivity index is 1.96. The molecule has 1 aromatic rings. The molecule has 0 amide bonds. The van der Waals surface area contributed by atoms with Crippen LogP contribution in [0.15, 0.2) is 12.1 Å². The van der Waals surface area contributed by atoms with E-state index in [1.54, 1.807) is 0 Å². The number of aromatic nitrogens is 2. The lowest BCUT2D eigenvalue weighted by atomic mass is 9.90. The van der Waals surface area contributed by atoms with Crippen LogP contribution in [0.4, 0.5) is 5.82 Å². The van der Waals surface area contributed by atoms with Gasteiger partial charge in [0.1, 0.15) is 0 Å². The molecule has 0 aromatic carbocycles. The van der Waals surface area contributed by atoms with Crippen molar-refractivity contribution in [3.63, 3.8) is 0 Å². The van der Waals surface area contributed by atoms with Crippen LogP contribution in [-0.2, 0) is 0 Å². The third kappa shape index (κ3) is 2.94. The van der Waals surface area contributed by atoms with Crippen molar-refractivity contribution in [3.8, 4) is 0 Å². The zero-order chi connectivity index (χ0) is 12.3. The number of rotatable bonds is 3. The summed E-state index contributed by atoms with van der Waals surface area (Å²) < 4.78 is 0. The molecule has 1 aliphatic carbocycles. The molecule has 1 N–H and O–H groups in total. The van der Waals surface area contributed by atoms with Crippen molar-refractivity contribution in [1.82, 2.24) is 15.5 Å². The van der Waals surface area contributed by atoms with Crippen LogP contribution < -0.4 is 10.2 Å². The molecule has 17 heavy (non-hydrogen) atoms. The summed E-state index contributed by atoms with van der Waals surface area (Å²) in [4.78, 5) is 2.28. The predicted octanol–water partition coefficient (Wildman–Crippen LogP) is 1.75. The lowest BCUT2D eigenvalue weighted by Crippen LogP contribution is -2.40. The van der Waals surface area contributed by atoms with Gasteiger partial charge in [-0.1, -0.05) is 0 Å². The predicted molar refractivity (Wildman–Crippen MR) is 70.3 cm³/mol. The van der Waals surface area contributed by atoms with Gasteiger partial charge >= 0.3 is 0 Å². The van der Waals surface area contributed by atoms with Gasteiger partial charge in [-0.25, -0.2) is 0 Å². The zero-order valence-corrected chi connectivity index (χ0v) is 11.0. The Hall–Kier alpha value is -1.16. The quantitative estimate of drug-likeness (QED) is 0.865. The fourth-order valence-corrected chi connectivity index (χ4v) is 2.52. The maximum atomic E-state index is 4.25. The van der Waals surface area contributed by atoms with Crippen molar-refractivity contribution in [1.29, 1.82) is 0 Å². The third-order valence-corrected chi connectivity index (χ3v) is 3.80. The average Bonchev–Trinajstić information content (AvgIpc) is 2.39. The van der Waals surface area contributed by atoms with E-state index in [1.807, 2.05) is 13.0 Å². The number of nitrogens with one attached hydrogen (secondary N) is 1. The molecule has 94 valence electrons. The smallest absolute Gasteiger partial charge is 0.151 e. The first kappa shape index (κ1) is 12.3. The Morgan fingerprint density at radius 3 is 2.41 bits per heavy atom. The van der Waals surface area contributed by atoms with Gasteiger partial charge in [0, 0.05) is 19.1 Å². The Morgan fingerprint density at radius 1 is 1.18 bits per heavy atom. The first-order valence-corrected chi connectivity index (χ1v) is 6.41. The molecular formula is C13H22N4. The number of aryl methyl sites for hydroxylation is 1. The lowest BCUT2D eigenvalue weighted by Gasteiger charge is -2.35. The van der Waals surface area contributed by atoms with Crippen LogP contribution in [0, 0.1) is 6.92 Å². The average molecular weight is 234 g/mol. The molecule has 0 unspecified atom stereocenters. The number of nitrogens with zero attached hydrogens (tertiary/aromatic N) is 3. The second-order valence-corrected chi connectivity index (χ2v) is 4.94. The molecule has 4 nitrogen and oxygen atoms in total. The summed E-state index contributed by atoms with van der Waals surface area (Å²) in [5.41, 5.74) is 0.973. The fourth-order valence-electron chi connectivity index (χ4n) is 2.52. The Labute approximate surface area is 103 Å². The number of hydrogen-bond donors (Lipinski definition) is 1. The normalized spacial score (nSPS) is 24.6. The highest BCUT2D eigenvalue weighted by atomic mass is 15.3. The molecule has 0 spiro atoms. The van der Waals surface area contributed by atoms with Crippen LogP contribution in [0.1, 0.15) is 31.4 Å². The highest BCUT2D eigenvalue weighted by molar-refractivity contribution is 5.37. The van der Waals surface area contributed by atoms with Gasteiger partial charge in [-0.2, -0.15) is 5.10 Å². The van der Waals surface area contributed by atoms with Gasteiger partial charge in [-0.3, -0.25) is 0 Å². The molecule has 0 atom stereocenters. The summed E-state index contributed by atoms with van der Waals surface area (Å²) in [5, 5.41) is 11.7. The van der Waals surface area contributed by atoms with E-state index in [-0.39, 0.29) is 0 Å². The fraction of sp³-hybridized carbons (Fsp3) is 0.692. The van der Waals surface area contributed by atoms with Crippen LogP contribution >= 0.6 is 0 Å². The molecule has 0 aliphatic heterocycles. The lowest BCUT2D eigenvalue weighted by molar-refractivity contribution is 0.350. The van der Waals surface area contributed by atoms with Crippen LogP contribution in [0.5, 0.6) is 0 Å². The molecule has 0 saturated heterocycles. The van der Waals surface area contributed by atoms with E-state index < -0.39 is 0 Å². The van der Waals surface area contributed by atoms with Crippen molar-refractivity contribution < 1.29 is 0 Å². The van der Waals surface area contributed by atoms with Crippen LogP contribution in [0.3, 0.4) is 0 Å². The van der Waals surface area contributed by atoms with Crippen molar-refractivity contribution in [2.24, 2.45) is 0 Å². The molecule has 0 radical (unpaired) electrons. The van der Waals surface area contributed by atoms with E-state index in [2.05, 4.69) is 40.6 Å². The first-order chi connectivity index (χ1) is 8.20. The second-order valence-electron chi connectivity index (χ2n) is 4.94. The minimum absolute atomic E-state index is 0.608. The zero-order valence-electron chi connectivity index (χ0n) is 11.0. The van der Waals surface area contributed by atoms with Crippen molar-refractivity contribution in [3.05, 3.63) is 17.8 Å². The summed E-state index contributed by atoms with van der Waals surface area (Å²) in [6.45, 7) is 1.97. The molecule has 1 heterocycles. The first-order valence-electron chi connectivity index (χ1n) is 6.41. The minimum atomic E-state index is 0.608. The maximum absolute atomic E-state index is 4.25. The maximum Gasteiger partial charge on any atom is 0.151 e. The van der Waals surface area contributed by atoms with E-state index >= 15 is 0 Å². The van der Waals surface area contributed by atoms with Crippen molar-refractivity contribution >= 4 is 5.82 Å². The van der Waals surface area contributed by atoms with Crippen molar-refractivity contribution in [2.45, 2.75) is 44.7 Å². The van der Waals surface area contributed by atoms with Gasteiger partial charge in [0.05, 0.1) is 5.69 Å². The van der Waals surface area contributed by atoms with E-state index in [0.29, 0.717) is 12.1 Å². The standard InChI is InChI=1S/C13H22N4/c1-10-4-9-13(16-15-10)17(3)12-7-5-11(14-2)6-8-12/h4,9,11-12,14H,5-8H2,1-3H3. The monoisotopic (exact) mass is 234 g/mol. The van der Waals surface area contributed by atoms with Gasteiger partial charge < -0.3 is 10.2 Å². The van der Waals surface area contributed by atoms with E-state index in [4.69, 9.17) is 0 Å². The van der Waals surface area contributed by atoms with Crippen molar-refractivity contribution in [2.75, 3.05) is 19.0 Å². The molecule has 4 heteroatoms. The van der Waals surface area contributed by atoms with E-state index in [0.717, 1.165) is 11.5 Å². The molecular weight excluding hydrogens is 212 g/mol. The molecule has 1 saturated carbocycles. The summed E-state index contributed by atoms with van der Waals surface area (Å²) in [6, 6.07) is 5.39. The minimum Gasteiger partial charge on any atom is -0.355 e. The van der Waals surface area contributed by atoms with Gasteiger partial charge in [0.15, 0.2) is 5.82 Å². The number of anilines is 1. The highest BCUT2D eigenvalue weighted by Crippen LogP contribution is 2.24. The molecule has 1 fully saturated rings. The Bertz CT molecular complexity index is 341. The third-order valence-electron chi connectivity index (χ3n) is 3.80. The summed E-state index contributed by atoms with van der Waals surface area (Å²) in [7, 11) is 4.18. The van der Waals surface area contributed by atoms with Gasteiger partial charge in [-0.05, 0) is 51.8 Å². The molecule has 2 rings (SSSR count). The summed E-state index contributed by atoms with van der Waals surface area (Å²) >= 11 is 0. The summed E-state index contributed by atoms with van der Waals surface area (Å²) in [5.74, 6) is 0.989. The number of hydrogen-bond acceptors (Lipinski definition) is 4. The summed E-state index contributed by atoms with van der Waals surface area (Å²) in [6.07, 6.45) is 4.98. The van der Waals surface area contributed by atoms with Gasteiger partial charge in [-0.15, -0.1) is 5.10 Å². The Morgan fingerprint density at radius 2 is 1.88 bits per heavy atom. The van der Waals surface area contributed by atoms with E-state index in [9.17, 15) is 0 Å². The Kier molecular flexibility index (Phi) is 3.94. The largest absolute Gasteiger partial charge is 0.355 e. The molecule has 1 aromatic heterocycles. The topological polar surface area (TPSA) is 41.0 Å². The van der Waals surface area contributed by atoms with Crippen LogP contribution in [0.2, 0.25) is 0 Å². The van der Waals surface area contributed by atoms with Gasteiger partial charge in [0.25, 0.3) is 0 Å². The van der Waals surface area contributed by atoms with Gasteiger partial charge in [0.2, 0.25) is 0 Å². The highest BCUT2D eigenvalue weighted by Gasteiger charge is 2.23. The molecule has 1 aliphatic rings. The van der Waals surface area contributed by atoms with Crippen LogP contribution in [-0.4, -0.2) is 36.4 Å². The van der Waals surface area contributed by atoms with Crippen LogP contribution in [0.25, 0.3) is 0 Å². The van der Waals surface area contributed by atoms with E-state index in [1.165, 1.54) is 25.7 Å². The SMILES string of the molecule is CNC1CCC(N(C)c2ccc(C)nn2)CC1.